The lowest BCUT2D eigenvalue weighted by molar-refractivity contribution is -0.316. The summed E-state index contributed by atoms with van der Waals surface area (Å²) in [4.78, 5) is 50.9. The highest BCUT2D eigenvalue weighted by molar-refractivity contribution is 6.04. The van der Waals surface area contributed by atoms with Crippen molar-refractivity contribution in [1.82, 2.24) is 9.80 Å². The van der Waals surface area contributed by atoms with E-state index in [1.165, 1.54) is 25.7 Å². The molecule has 48 heavy (non-hydrogen) atoms. The predicted molar refractivity (Wildman–Crippen MR) is 186 cm³/mol. The van der Waals surface area contributed by atoms with Crippen molar-refractivity contribution in [2.24, 2.45) is 15.9 Å². The molecule has 4 heterocycles. The molecule has 0 aromatic heterocycles. The Hall–Kier alpha value is -4.28. The van der Waals surface area contributed by atoms with Gasteiger partial charge in [-0.3, -0.25) is 19.6 Å². The first kappa shape index (κ1) is 33.6. The molecule has 4 aliphatic rings. The number of hydrogen-bond acceptors (Lipinski definition) is 8. The Morgan fingerprint density at radius 1 is 0.708 bits per heavy atom. The molecule has 2 aromatic carbocycles. The molecule has 10 nitrogen and oxygen atoms in total. The topological polar surface area (TPSA) is 102 Å². The SMILES string of the molecule is C=C1CN2C(=O)c3cc(OC)ccc3N=C[C@@H]2C1CCCCCCCCCCOOC1C(=C)CN2C(=O)c3cc(OC)ccc3N=C[C@H]12. The van der Waals surface area contributed by atoms with Crippen LogP contribution in [0.3, 0.4) is 0 Å². The van der Waals surface area contributed by atoms with E-state index in [9.17, 15) is 9.59 Å². The van der Waals surface area contributed by atoms with Crippen LogP contribution in [-0.2, 0) is 9.78 Å². The fraction of sp³-hybridized carbons (Fsp3) is 0.474. The van der Waals surface area contributed by atoms with Crippen molar-refractivity contribution in [3.8, 4) is 11.5 Å². The summed E-state index contributed by atoms with van der Waals surface area (Å²) in [5, 5.41) is 0. The van der Waals surface area contributed by atoms with Gasteiger partial charge in [-0.2, -0.15) is 0 Å². The maximum Gasteiger partial charge on any atom is 0.257 e. The lowest BCUT2D eigenvalue weighted by Crippen LogP contribution is -2.40. The van der Waals surface area contributed by atoms with Crippen LogP contribution in [0.15, 0.2) is 70.7 Å². The molecule has 254 valence electrons. The Bertz CT molecular complexity index is 1480. The Balaban J connectivity index is 0.841. The first-order valence-electron chi connectivity index (χ1n) is 17.1. The van der Waals surface area contributed by atoms with E-state index < -0.39 is 6.10 Å². The largest absolute Gasteiger partial charge is 0.497 e. The fourth-order valence-corrected chi connectivity index (χ4v) is 7.16. The average molecular weight is 655 g/mol. The first-order valence-corrected chi connectivity index (χ1v) is 17.1. The second kappa shape index (κ2) is 15.3. The van der Waals surface area contributed by atoms with Gasteiger partial charge in [-0.1, -0.05) is 63.7 Å². The monoisotopic (exact) mass is 654 g/mol. The summed E-state index contributed by atoms with van der Waals surface area (Å²) >= 11 is 0. The molecule has 0 radical (unpaired) electrons. The number of ether oxygens (including phenoxy) is 2. The standard InChI is InChI=1S/C38H46N4O6/c1-25-23-41-34(21-39-32-16-14-27(45-3)19-30(32)37(41)43)29(25)13-11-9-7-5-6-8-10-12-18-47-48-36-26(2)24-42-35(36)22-40-33-17-15-28(46-4)20-31(33)38(42)44/h14-17,19-22,29,34-36H,1-2,5-13,18,23-24H2,3-4H3/t29?,34-,35-,36?/m1/s1. The Morgan fingerprint density at radius 2 is 1.23 bits per heavy atom. The van der Waals surface area contributed by atoms with Gasteiger partial charge in [0.25, 0.3) is 11.8 Å². The number of benzene rings is 2. The Labute approximate surface area is 283 Å². The molecule has 2 saturated heterocycles. The lowest BCUT2D eigenvalue weighted by atomic mass is 9.91. The molecular weight excluding hydrogens is 608 g/mol. The summed E-state index contributed by atoms with van der Waals surface area (Å²) in [5.41, 5.74) is 4.33. The van der Waals surface area contributed by atoms with Gasteiger partial charge in [0.05, 0.1) is 49.4 Å². The zero-order chi connectivity index (χ0) is 33.6. The molecule has 0 saturated carbocycles. The molecule has 4 atom stereocenters. The summed E-state index contributed by atoms with van der Waals surface area (Å²) in [6, 6.07) is 10.4. The summed E-state index contributed by atoms with van der Waals surface area (Å²) in [6.07, 6.45) is 13.3. The summed E-state index contributed by atoms with van der Waals surface area (Å²) in [6.45, 7) is 9.92. The smallest absolute Gasteiger partial charge is 0.257 e. The average Bonchev–Trinajstić information content (AvgIpc) is 3.50. The third kappa shape index (κ3) is 7.10. The van der Waals surface area contributed by atoms with Gasteiger partial charge in [0, 0.05) is 31.4 Å². The highest BCUT2D eigenvalue weighted by atomic mass is 17.2. The van der Waals surface area contributed by atoms with E-state index in [0.717, 1.165) is 43.3 Å². The van der Waals surface area contributed by atoms with E-state index in [0.29, 0.717) is 53.7 Å². The van der Waals surface area contributed by atoms with E-state index in [2.05, 4.69) is 23.1 Å². The first-order chi connectivity index (χ1) is 23.4. The van der Waals surface area contributed by atoms with Gasteiger partial charge in [-0.15, -0.1) is 0 Å². The normalized spacial score (nSPS) is 22.7. The molecule has 2 unspecified atom stereocenters. The zero-order valence-electron chi connectivity index (χ0n) is 28.1. The Morgan fingerprint density at radius 3 is 1.83 bits per heavy atom. The van der Waals surface area contributed by atoms with Crippen LogP contribution in [-0.4, -0.2) is 86.1 Å². The highest BCUT2D eigenvalue weighted by Crippen LogP contribution is 2.38. The maximum atomic E-state index is 13.3. The van der Waals surface area contributed by atoms with Crippen LogP contribution < -0.4 is 9.47 Å². The summed E-state index contributed by atoms with van der Waals surface area (Å²) in [5.74, 6) is 1.41. The quantitative estimate of drug-likeness (QED) is 0.0884. The predicted octanol–water partition coefficient (Wildman–Crippen LogP) is 7.04. The minimum Gasteiger partial charge on any atom is -0.497 e. The number of aliphatic imine (C=N–C) groups is 2. The minimum absolute atomic E-state index is 0.00113. The number of methoxy groups -OCH3 is 2. The number of carbonyl (C=O) groups is 2. The number of carbonyl (C=O) groups excluding carboxylic acids is 2. The van der Waals surface area contributed by atoms with Crippen molar-refractivity contribution in [3.63, 3.8) is 0 Å². The van der Waals surface area contributed by atoms with Crippen LogP contribution in [0.1, 0.15) is 78.5 Å². The van der Waals surface area contributed by atoms with E-state index in [1.54, 1.807) is 49.6 Å². The van der Waals surface area contributed by atoms with Crippen LogP contribution in [0.5, 0.6) is 11.5 Å². The molecule has 0 bridgehead atoms. The van der Waals surface area contributed by atoms with Crippen molar-refractivity contribution < 1.29 is 28.8 Å². The van der Waals surface area contributed by atoms with E-state index in [-0.39, 0.29) is 29.8 Å². The van der Waals surface area contributed by atoms with Crippen molar-refractivity contribution in [1.29, 1.82) is 0 Å². The van der Waals surface area contributed by atoms with Gasteiger partial charge in [-0.25, -0.2) is 9.78 Å². The number of fused-ring (bicyclic) bond motifs is 4. The van der Waals surface area contributed by atoms with Crippen LogP contribution in [0, 0.1) is 5.92 Å². The molecule has 2 fully saturated rings. The number of amides is 2. The van der Waals surface area contributed by atoms with Crippen molar-refractivity contribution in [2.75, 3.05) is 33.9 Å². The molecule has 0 N–H and O–H groups in total. The highest BCUT2D eigenvalue weighted by Gasteiger charge is 2.43. The van der Waals surface area contributed by atoms with Gasteiger partial charge >= 0.3 is 0 Å². The summed E-state index contributed by atoms with van der Waals surface area (Å²) < 4.78 is 10.6. The maximum absolute atomic E-state index is 13.3. The number of nitrogens with zero attached hydrogens (tertiary/aromatic N) is 4. The minimum atomic E-state index is -0.450. The van der Waals surface area contributed by atoms with Gasteiger partial charge in [0.15, 0.2) is 0 Å². The molecule has 0 aliphatic carbocycles. The van der Waals surface area contributed by atoms with Crippen molar-refractivity contribution >= 4 is 35.6 Å². The molecule has 4 aliphatic heterocycles. The van der Waals surface area contributed by atoms with Crippen LogP contribution in [0.25, 0.3) is 0 Å². The molecule has 6 rings (SSSR count). The second-order valence-corrected chi connectivity index (χ2v) is 13.0. The molecule has 2 amide bonds. The molecular formula is C38H46N4O6. The van der Waals surface area contributed by atoms with Gasteiger partial charge in [0.1, 0.15) is 23.6 Å². The fourth-order valence-electron chi connectivity index (χ4n) is 7.16. The summed E-state index contributed by atoms with van der Waals surface area (Å²) in [7, 11) is 3.18. The van der Waals surface area contributed by atoms with Gasteiger partial charge in [-0.05, 0) is 54.8 Å². The van der Waals surface area contributed by atoms with Gasteiger partial charge < -0.3 is 19.3 Å². The van der Waals surface area contributed by atoms with Crippen molar-refractivity contribution in [3.05, 3.63) is 71.8 Å². The van der Waals surface area contributed by atoms with E-state index in [1.807, 2.05) is 23.2 Å². The molecule has 2 aromatic rings. The van der Waals surface area contributed by atoms with Crippen LogP contribution in [0.4, 0.5) is 11.4 Å². The second-order valence-electron chi connectivity index (χ2n) is 13.0. The number of unbranched alkanes of at least 4 members (excludes halogenated alkanes) is 7. The van der Waals surface area contributed by atoms with E-state index in [4.69, 9.17) is 19.2 Å². The number of rotatable bonds is 15. The molecule has 10 heteroatoms. The third-order valence-electron chi connectivity index (χ3n) is 9.90. The third-order valence-corrected chi connectivity index (χ3v) is 9.90. The van der Waals surface area contributed by atoms with Crippen LogP contribution >= 0.6 is 0 Å². The lowest BCUT2D eigenvalue weighted by Gasteiger charge is -2.23. The zero-order valence-corrected chi connectivity index (χ0v) is 28.1. The van der Waals surface area contributed by atoms with Gasteiger partial charge in [0.2, 0.25) is 0 Å². The Kier molecular flexibility index (Phi) is 10.7. The van der Waals surface area contributed by atoms with E-state index >= 15 is 0 Å². The molecule has 0 spiro atoms. The number of hydrogen-bond donors (Lipinski definition) is 0. The van der Waals surface area contributed by atoms with Crippen LogP contribution in [0.2, 0.25) is 0 Å². The van der Waals surface area contributed by atoms with Crippen molar-refractivity contribution in [2.45, 2.75) is 76.0 Å².